The molecule has 0 bridgehead atoms. The van der Waals surface area contributed by atoms with E-state index in [-0.39, 0.29) is 6.10 Å². The molecule has 0 amide bonds. The number of hydrogen-bond donors (Lipinski definition) is 1. The van der Waals surface area contributed by atoms with Gasteiger partial charge in [-0.05, 0) is 57.3 Å². The summed E-state index contributed by atoms with van der Waals surface area (Å²) in [6.45, 7) is 7.42. The Morgan fingerprint density at radius 2 is 1.94 bits per heavy atom. The van der Waals surface area contributed by atoms with Crippen LogP contribution in [0, 0.1) is 11.8 Å². The van der Waals surface area contributed by atoms with Gasteiger partial charge in [0.1, 0.15) is 0 Å². The van der Waals surface area contributed by atoms with Gasteiger partial charge in [0, 0.05) is 6.61 Å². The standard InChI is InChI=1S/C14H28O2/c1-11-7-8-14(10-12(11)2)16-9-5-4-6-13(3)15/h11-15H,4-10H2,1-3H3. The average molecular weight is 228 g/mol. The highest BCUT2D eigenvalue weighted by Crippen LogP contribution is 2.30. The van der Waals surface area contributed by atoms with Crippen molar-refractivity contribution >= 4 is 0 Å². The summed E-state index contributed by atoms with van der Waals surface area (Å²) in [5.74, 6) is 1.69. The number of hydrogen-bond acceptors (Lipinski definition) is 2. The zero-order chi connectivity index (χ0) is 12.0. The number of rotatable bonds is 6. The molecule has 0 heterocycles. The highest BCUT2D eigenvalue weighted by atomic mass is 16.5. The van der Waals surface area contributed by atoms with Crippen molar-refractivity contribution in [3.63, 3.8) is 0 Å². The zero-order valence-corrected chi connectivity index (χ0v) is 11.1. The quantitative estimate of drug-likeness (QED) is 0.706. The van der Waals surface area contributed by atoms with E-state index in [2.05, 4.69) is 13.8 Å². The van der Waals surface area contributed by atoms with Gasteiger partial charge in [-0.25, -0.2) is 0 Å². The lowest BCUT2D eigenvalue weighted by molar-refractivity contribution is 0.000311. The van der Waals surface area contributed by atoms with Crippen molar-refractivity contribution in [2.45, 2.75) is 71.5 Å². The van der Waals surface area contributed by atoms with E-state index in [0.29, 0.717) is 6.10 Å². The van der Waals surface area contributed by atoms with Gasteiger partial charge < -0.3 is 9.84 Å². The molecule has 4 unspecified atom stereocenters. The Morgan fingerprint density at radius 3 is 2.56 bits per heavy atom. The molecule has 4 atom stereocenters. The molecule has 16 heavy (non-hydrogen) atoms. The fourth-order valence-electron chi connectivity index (χ4n) is 2.44. The average Bonchev–Trinajstić information content (AvgIpc) is 2.22. The summed E-state index contributed by atoms with van der Waals surface area (Å²) in [6, 6.07) is 0. The van der Waals surface area contributed by atoms with Gasteiger partial charge in [0.25, 0.3) is 0 Å². The van der Waals surface area contributed by atoms with E-state index in [4.69, 9.17) is 9.84 Å². The van der Waals surface area contributed by atoms with Gasteiger partial charge in [-0.15, -0.1) is 0 Å². The molecule has 1 saturated carbocycles. The molecule has 0 saturated heterocycles. The van der Waals surface area contributed by atoms with Gasteiger partial charge in [-0.2, -0.15) is 0 Å². The monoisotopic (exact) mass is 228 g/mol. The van der Waals surface area contributed by atoms with E-state index in [9.17, 15) is 0 Å². The van der Waals surface area contributed by atoms with Gasteiger partial charge >= 0.3 is 0 Å². The second-order valence-electron chi connectivity index (χ2n) is 5.61. The molecule has 2 nitrogen and oxygen atoms in total. The molecule has 1 aliphatic rings. The van der Waals surface area contributed by atoms with E-state index >= 15 is 0 Å². The molecular formula is C14H28O2. The Balaban J connectivity index is 2.01. The molecule has 0 aromatic carbocycles. The Morgan fingerprint density at radius 1 is 1.19 bits per heavy atom. The van der Waals surface area contributed by atoms with Gasteiger partial charge in [0.05, 0.1) is 12.2 Å². The van der Waals surface area contributed by atoms with Gasteiger partial charge in [0.2, 0.25) is 0 Å². The molecule has 0 radical (unpaired) electrons. The summed E-state index contributed by atoms with van der Waals surface area (Å²) in [4.78, 5) is 0. The lowest BCUT2D eigenvalue weighted by atomic mass is 9.80. The third-order valence-electron chi connectivity index (χ3n) is 3.92. The topological polar surface area (TPSA) is 29.5 Å². The summed E-state index contributed by atoms with van der Waals surface area (Å²) in [5.41, 5.74) is 0. The first-order valence-electron chi connectivity index (χ1n) is 6.89. The molecule has 96 valence electrons. The van der Waals surface area contributed by atoms with Crippen LogP contribution in [0.1, 0.15) is 59.3 Å². The van der Waals surface area contributed by atoms with Crippen molar-refractivity contribution in [3.8, 4) is 0 Å². The first-order valence-corrected chi connectivity index (χ1v) is 6.89. The van der Waals surface area contributed by atoms with Gasteiger partial charge in [0.15, 0.2) is 0 Å². The van der Waals surface area contributed by atoms with E-state index < -0.39 is 0 Å². The van der Waals surface area contributed by atoms with E-state index in [1.807, 2.05) is 6.92 Å². The predicted molar refractivity (Wildman–Crippen MR) is 67.5 cm³/mol. The number of unbranched alkanes of at least 4 members (excludes halogenated alkanes) is 1. The first-order chi connectivity index (χ1) is 7.59. The van der Waals surface area contributed by atoms with Crippen LogP contribution in [0.15, 0.2) is 0 Å². The Kier molecular flexibility index (Phi) is 6.37. The summed E-state index contributed by atoms with van der Waals surface area (Å²) >= 11 is 0. The van der Waals surface area contributed by atoms with Gasteiger partial charge in [-0.3, -0.25) is 0 Å². The molecule has 0 aliphatic heterocycles. The van der Waals surface area contributed by atoms with E-state index in [1.165, 1.54) is 19.3 Å². The molecule has 0 aromatic heterocycles. The van der Waals surface area contributed by atoms with Crippen molar-refractivity contribution in [3.05, 3.63) is 0 Å². The Bertz CT molecular complexity index is 180. The number of ether oxygens (including phenoxy) is 1. The molecule has 1 N–H and O–H groups in total. The van der Waals surface area contributed by atoms with Crippen LogP contribution < -0.4 is 0 Å². The lowest BCUT2D eigenvalue weighted by Crippen LogP contribution is -2.27. The Hall–Kier alpha value is -0.0800. The summed E-state index contributed by atoms with van der Waals surface area (Å²) in [6.07, 6.45) is 7.20. The maximum Gasteiger partial charge on any atom is 0.0577 e. The van der Waals surface area contributed by atoms with Crippen LogP contribution >= 0.6 is 0 Å². The van der Waals surface area contributed by atoms with E-state index in [1.54, 1.807) is 0 Å². The third-order valence-corrected chi connectivity index (χ3v) is 3.92. The molecular weight excluding hydrogens is 200 g/mol. The molecule has 0 aromatic rings. The molecule has 1 fully saturated rings. The SMILES string of the molecule is CC(O)CCCCOC1CCC(C)C(C)C1. The summed E-state index contributed by atoms with van der Waals surface area (Å²) in [5, 5.41) is 9.12. The maximum atomic E-state index is 9.12. The fraction of sp³-hybridized carbons (Fsp3) is 1.00. The fourth-order valence-corrected chi connectivity index (χ4v) is 2.44. The number of aliphatic hydroxyl groups excluding tert-OH is 1. The van der Waals surface area contributed by atoms with Crippen molar-refractivity contribution in [2.75, 3.05) is 6.61 Å². The van der Waals surface area contributed by atoms with Crippen LogP contribution in [-0.2, 0) is 4.74 Å². The van der Waals surface area contributed by atoms with Crippen LogP contribution in [0.5, 0.6) is 0 Å². The minimum atomic E-state index is -0.157. The predicted octanol–water partition coefficient (Wildman–Crippen LogP) is 3.38. The highest BCUT2D eigenvalue weighted by molar-refractivity contribution is 4.75. The van der Waals surface area contributed by atoms with E-state index in [0.717, 1.165) is 37.7 Å². The van der Waals surface area contributed by atoms with Crippen molar-refractivity contribution < 1.29 is 9.84 Å². The van der Waals surface area contributed by atoms with Crippen molar-refractivity contribution in [2.24, 2.45) is 11.8 Å². The normalized spacial score (nSPS) is 32.6. The van der Waals surface area contributed by atoms with Crippen LogP contribution in [0.3, 0.4) is 0 Å². The number of aliphatic hydroxyl groups is 1. The molecule has 1 aliphatic carbocycles. The minimum Gasteiger partial charge on any atom is -0.393 e. The highest BCUT2D eigenvalue weighted by Gasteiger charge is 2.24. The van der Waals surface area contributed by atoms with Crippen LogP contribution in [0.2, 0.25) is 0 Å². The second kappa shape index (κ2) is 7.29. The van der Waals surface area contributed by atoms with Crippen LogP contribution in [0.25, 0.3) is 0 Å². The van der Waals surface area contributed by atoms with Crippen molar-refractivity contribution in [1.82, 2.24) is 0 Å². The summed E-state index contributed by atoms with van der Waals surface area (Å²) in [7, 11) is 0. The van der Waals surface area contributed by atoms with Crippen molar-refractivity contribution in [1.29, 1.82) is 0 Å². The third kappa shape index (κ3) is 5.31. The second-order valence-corrected chi connectivity index (χ2v) is 5.61. The molecule has 2 heteroatoms. The zero-order valence-electron chi connectivity index (χ0n) is 11.1. The maximum absolute atomic E-state index is 9.12. The van der Waals surface area contributed by atoms with Gasteiger partial charge in [-0.1, -0.05) is 13.8 Å². The smallest absolute Gasteiger partial charge is 0.0577 e. The minimum absolute atomic E-state index is 0.157. The Labute approximate surface area is 100 Å². The largest absolute Gasteiger partial charge is 0.393 e. The molecule has 1 rings (SSSR count). The first kappa shape index (κ1) is 14.0. The lowest BCUT2D eigenvalue weighted by Gasteiger charge is -2.32. The summed E-state index contributed by atoms with van der Waals surface area (Å²) < 4.78 is 5.90. The van der Waals surface area contributed by atoms with Crippen LogP contribution in [0.4, 0.5) is 0 Å². The molecule has 0 spiro atoms. The van der Waals surface area contributed by atoms with Crippen LogP contribution in [-0.4, -0.2) is 23.9 Å².